The molecular formula is C20H24F2N4O. The summed E-state index contributed by atoms with van der Waals surface area (Å²) in [6.07, 6.45) is 4.46. The zero-order valence-electron chi connectivity index (χ0n) is 15.5. The molecule has 0 radical (unpaired) electrons. The highest BCUT2D eigenvalue weighted by molar-refractivity contribution is 5.94. The van der Waals surface area contributed by atoms with Crippen LogP contribution in [-0.2, 0) is 26.4 Å². The first kappa shape index (κ1) is 18.1. The van der Waals surface area contributed by atoms with E-state index in [2.05, 4.69) is 10.4 Å². The lowest BCUT2D eigenvalue weighted by molar-refractivity contribution is 0.0785. The maximum atomic E-state index is 13.9. The topological polar surface area (TPSA) is 50.2 Å². The first-order chi connectivity index (χ1) is 13.0. The molecule has 2 aromatic rings. The van der Waals surface area contributed by atoms with Crippen molar-refractivity contribution >= 4 is 5.91 Å². The van der Waals surface area contributed by atoms with E-state index in [9.17, 15) is 13.6 Å². The number of amides is 1. The minimum absolute atomic E-state index is 0.0150. The first-order valence-corrected chi connectivity index (χ1v) is 9.55. The van der Waals surface area contributed by atoms with Crippen molar-refractivity contribution in [2.24, 2.45) is 7.05 Å². The number of nitrogens with zero attached hydrogens (tertiary/aromatic N) is 3. The standard InChI is InChI=1S/C20H24F2N4O/c1-25-17-8-7-14(23-12-13-5-4-6-16(21)18(13)22)11-15(17)19(24-25)20(27)26-9-2-3-10-26/h4-6,14,23H,2-3,7-12H2,1H3/t14-/m0/s1. The lowest BCUT2D eigenvalue weighted by Gasteiger charge is -2.25. The number of likely N-dealkylation sites (tertiary alicyclic amines) is 1. The normalized spacial score (nSPS) is 19.4. The molecule has 0 bridgehead atoms. The van der Waals surface area contributed by atoms with E-state index in [1.165, 1.54) is 6.07 Å². The summed E-state index contributed by atoms with van der Waals surface area (Å²) in [5.74, 6) is -1.61. The lowest BCUT2D eigenvalue weighted by atomic mass is 9.91. The van der Waals surface area contributed by atoms with Gasteiger partial charge in [-0.25, -0.2) is 8.78 Å². The van der Waals surface area contributed by atoms with Crippen LogP contribution in [0.3, 0.4) is 0 Å². The Kier molecular flexibility index (Phi) is 4.95. The summed E-state index contributed by atoms with van der Waals surface area (Å²) >= 11 is 0. The van der Waals surface area contributed by atoms with Crippen molar-refractivity contribution in [2.75, 3.05) is 13.1 Å². The summed E-state index contributed by atoms with van der Waals surface area (Å²) in [6.45, 7) is 1.86. The fraction of sp³-hybridized carbons (Fsp3) is 0.500. The molecule has 0 unspecified atom stereocenters. The van der Waals surface area contributed by atoms with E-state index in [0.717, 1.165) is 56.1 Å². The van der Waals surface area contributed by atoms with Gasteiger partial charge in [0.2, 0.25) is 0 Å². The van der Waals surface area contributed by atoms with Crippen LogP contribution in [0.2, 0.25) is 0 Å². The Morgan fingerprint density at radius 1 is 1.30 bits per heavy atom. The maximum absolute atomic E-state index is 13.9. The van der Waals surface area contributed by atoms with Gasteiger partial charge >= 0.3 is 0 Å². The predicted molar refractivity (Wildman–Crippen MR) is 97.4 cm³/mol. The van der Waals surface area contributed by atoms with Gasteiger partial charge in [-0.2, -0.15) is 5.10 Å². The van der Waals surface area contributed by atoms with Crippen LogP contribution < -0.4 is 5.32 Å². The molecule has 1 saturated heterocycles. The molecule has 144 valence electrons. The average Bonchev–Trinajstić information content (AvgIpc) is 3.31. The number of carbonyl (C=O) groups is 1. The summed E-state index contributed by atoms with van der Waals surface area (Å²) in [5.41, 5.74) is 2.98. The molecule has 1 aliphatic carbocycles. The van der Waals surface area contributed by atoms with Crippen LogP contribution in [0.25, 0.3) is 0 Å². The minimum atomic E-state index is -0.828. The number of carbonyl (C=O) groups excluding carboxylic acids is 1. The Hall–Kier alpha value is -2.28. The van der Waals surface area contributed by atoms with E-state index in [-0.39, 0.29) is 18.5 Å². The zero-order chi connectivity index (χ0) is 19.0. The number of hydrogen-bond donors (Lipinski definition) is 1. The molecular weight excluding hydrogens is 350 g/mol. The Balaban J connectivity index is 1.49. The second-order valence-corrected chi connectivity index (χ2v) is 7.43. The fourth-order valence-electron chi connectivity index (χ4n) is 4.14. The Labute approximate surface area is 157 Å². The maximum Gasteiger partial charge on any atom is 0.274 e. The van der Waals surface area contributed by atoms with Gasteiger partial charge in [0, 0.05) is 49.5 Å². The monoisotopic (exact) mass is 374 g/mol. The van der Waals surface area contributed by atoms with Gasteiger partial charge in [-0.05, 0) is 38.2 Å². The van der Waals surface area contributed by atoms with Gasteiger partial charge in [0.15, 0.2) is 17.3 Å². The third-order valence-electron chi connectivity index (χ3n) is 5.66. The van der Waals surface area contributed by atoms with Gasteiger partial charge in [-0.15, -0.1) is 0 Å². The van der Waals surface area contributed by atoms with Crippen LogP contribution in [0.15, 0.2) is 18.2 Å². The zero-order valence-corrected chi connectivity index (χ0v) is 15.5. The first-order valence-electron chi connectivity index (χ1n) is 9.55. The van der Waals surface area contributed by atoms with Crippen molar-refractivity contribution in [1.82, 2.24) is 20.0 Å². The molecule has 1 amide bonds. The largest absolute Gasteiger partial charge is 0.337 e. The summed E-state index contributed by atoms with van der Waals surface area (Å²) in [7, 11) is 1.88. The van der Waals surface area contributed by atoms with E-state index in [1.54, 1.807) is 6.07 Å². The van der Waals surface area contributed by atoms with Gasteiger partial charge < -0.3 is 10.2 Å². The second kappa shape index (κ2) is 7.38. The SMILES string of the molecule is Cn1nc(C(=O)N2CCCC2)c2c1CC[C@H](NCc1cccc(F)c1F)C2. The number of aromatic nitrogens is 2. The Bertz CT molecular complexity index is 858. The molecule has 5 nitrogen and oxygen atoms in total. The van der Waals surface area contributed by atoms with Crippen molar-refractivity contribution in [3.8, 4) is 0 Å². The number of aryl methyl sites for hydroxylation is 1. The van der Waals surface area contributed by atoms with Crippen molar-refractivity contribution in [3.63, 3.8) is 0 Å². The molecule has 7 heteroatoms. The van der Waals surface area contributed by atoms with Crippen molar-refractivity contribution in [2.45, 2.75) is 44.7 Å². The molecule has 1 N–H and O–H groups in total. The highest BCUT2D eigenvalue weighted by Gasteiger charge is 2.31. The van der Waals surface area contributed by atoms with E-state index < -0.39 is 11.6 Å². The van der Waals surface area contributed by atoms with Crippen LogP contribution in [0, 0.1) is 11.6 Å². The fourth-order valence-corrected chi connectivity index (χ4v) is 4.14. The highest BCUT2D eigenvalue weighted by Crippen LogP contribution is 2.26. The number of hydrogen-bond acceptors (Lipinski definition) is 3. The smallest absolute Gasteiger partial charge is 0.274 e. The van der Waals surface area contributed by atoms with Crippen LogP contribution in [0.5, 0.6) is 0 Å². The number of halogens is 2. The number of nitrogens with one attached hydrogen (secondary N) is 1. The number of fused-ring (bicyclic) bond motifs is 1. The Morgan fingerprint density at radius 3 is 2.85 bits per heavy atom. The van der Waals surface area contributed by atoms with Gasteiger partial charge in [0.25, 0.3) is 5.91 Å². The lowest BCUT2D eigenvalue weighted by Crippen LogP contribution is -2.36. The molecule has 1 aromatic carbocycles. The molecule has 1 fully saturated rings. The number of rotatable bonds is 4. The number of benzene rings is 1. The molecule has 0 saturated carbocycles. The van der Waals surface area contributed by atoms with Crippen molar-refractivity contribution in [1.29, 1.82) is 0 Å². The molecule has 1 aliphatic heterocycles. The third-order valence-corrected chi connectivity index (χ3v) is 5.66. The van der Waals surface area contributed by atoms with Crippen molar-refractivity contribution in [3.05, 3.63) is 52.3 Å². The highest BCUT2D eigenvalue weighted by atomic mass is 19.2. The molecule has 1 aromatic heterocycles. The molecule has 0 spiro atoms. The van der Waals surface area contributed by atoms with Gasteiger partial charge in [-0.1, -0.05) is 12.1 Å². The van der Waals surface area contributed by atoms with Crippen LogP contribution in [0.1, 0.15) is 46.6 Å². The van der Waals surface area contributed by atoms with Crippen LogP contribution >= 0.6 is 0 Å². The summed E-state index contributed by atoms with van der Waals surface area (Å²) in [4.78, 5) is 14.7. The van der Waals surface area contributed by atoms with Crippen LogP contribution in [-0.4, -0.2) is 39.7 Å². The predicted octanol–water partition coefficient (Wildman–Crippen LogP) is 2.58. The molecule has 2 heterocycles. The third kappa shape index (κ3) is 3.48. The van der Waals surface area contributed by atoms with E-state index in [0.29, 0.717) is 17.7 Å². The Morgan fingerprint density at radius 2 is 2.07 bits per heavy atom. The second-order valence-electron chi connectivity index (χ2n) is 7.43. The van der Waals surface area contributed by atoms with E-state index in [1.807, 2.05) is 16.6 Å². The van der Waals surface area contributed by atoms with Gasteiger partial charge in [-0.3, -0.25) is 9.48 Å². The molecule has 2 aliphatic rings. The van der Waals surface area contributed by atoms with Crippen molar-refractivity contribution < 1.29 is 13.6 Å². The van der Waals surface area contributed by atoms with Gasteiger partial charge in [0.05, 0.1) is 0 Å². The summed E-state index contributed by atoms with van der Waals surface area (Å²) in [6, 6.07) is 4.33. The van der Waals surface area contributed by atoms with E-state index >= 15 is 0 Å². The average molecular weight is 374 g/mol. The van der Waals surface area contributed by atoms with Crippen LogP contribution in [0.4, 0.5) is 8.78 Å². The quantitative estimate of drug-likeness (QED) is 0.895. The van der Waals surface area contributed by atoms with Gasteiger partial charge in [0.1, 0.15) is 0 Å². The van der Waals surface area contributed by atoms with E-state index in [4.69, 9.17) is 0 Å². The minimum Gasteiger partial charge on any atom is -0.337 e. The molecule has 1 atom stereocenters. The molecule has 4 rings (SSSR count). The summed E-state index contributed by atoms with van der Waals surface area (Å²) in [5, 5.41) is 7.83. The molecule has 27 heavy (non-hydrogen) atoms. The summed E-state index contributed by atoms with van der Waals surface area (Å²) < 4.78 is 29.1.